The van der Waals surface area contributed by atoms with Gasteiger partial charge >= 0.3 is 11.9 Å². The number of benzene rings is 2. The van der Waals surface area contributed by atoms with E-state index in [1.165, 1.54) is 0 Å². The zero-order valence-electron chi connectivity index (χ0n) is 30.5. The Morgan fingerprint density at radius 2 is 1.83 bits per heavy atom. The lowest BCUT2D eigenvalue weighted by molar-refractivity contribution is -0.576. The van der Waals surface area contributed by atoms with Crippen LogP contribution >= 0.6 is 11.6 Å². The van der Waals surface area contributed by atoms with E-state index in [0.29, 0.717) is 23.1 Å². The first kappa shape index (κ1) is 38.2. The highest BCUT2D eigenvalue weighted by molar-refractivity contribution is 6.31. The normalized spacial score (nSPS) is 30.5. The van der Waals surface area contributed by atoms with Gasteiger partial charge in [-0.05, 0) is 93.6 Å². The summed E-state index contributed by atoms with van der Waals surface area (Å²) in [5.74, 6) is -1.50. The highest BCUT2D eigenvalue weighted by atomic mass is 35.5. The quantitative estimate of drug-likeness (QED) is 0.106. The molecule has 4 aliphatic heterocycles. The number of esters is 1. The maximum Gasteiger partial charge on any atom is 0.308 e. The van der Waals surface area contributed by atoms with Crippen molar-refractivity contribution in [1.82, 2.24) is 9.88 Å². The molecule has 5 fully saturated rings. The molecule has 1 aliphatic carbocycles. The minimum absolute atomic E-state index is 0.0670. The third-order valence-corrected chi connectivity index (χ3v) is 11.5. The molecule has 5 aliphatic rings. The van der Waals surface area contributed by atoms with Crippen LogP contribution in [0.1, 0.15) is 78.7 Å². The number of fused-ring (bicyclic) bond motifs is 3. The van der Waals surface area contributed by atoms with Crippen molar-refractivity contribution in [2.24, 2.45) is 23.7 Å². The number of aromatic nitrogens is 1. The second kappa shape index (κ2) is 15.8. The van der Waals surface area contributed by atoms with E-state index in [-0.39, 0.29) is 30.6 Å². The topological polar surface area (TPSA) is 149 Å². The van der Waals surface area contributed by atoms with Crippen molar-refractivity contribution in [2.75, 3.05) is 18.4 Å². The van der Waals surface area contributed by atoms with Crippen molar-refractivity contribution in [3.05, 3.63) is 59.2 Å². The molecule has 8 atom stereocenters. The molecule has 2 aromatic carbocycles. The number of nitrogens with one attached hydrogen (secondary N) is 1. The van der Waals surface area contributed by atoms with Gasteiger partial charge in [0.25, 0.3) is 0 Å². The van der Waals surface area contributed by atoms with Crippen LogP contribution < -0.4 is 5.32 Å². The number of carboxylic acids is 1. The number of hydrogen-bond acceptors (Lipinski definition) is 11. The molecule has 8 rings (SSSR count). The number of aliphatic carboxylic acids is 1. The SMILES string of the molecule is CCN(CC)Cc1cc(Nc2ccnc3cc(Cl)ccc23)ccc1O.C[C@H]1[C@@H](OC(=O)CCC(=O)O)O[C@@H]2OC3(C)CC[C@H]4[C@H](C)CC[C@@H]1[C@@]24OO3. The smallest absolute Gasteiger partial charge is 0.308 e. The molecule has 1 unspecified atom stereocenters. The number of anilines is 2. The number of carbonyl (C=O) groups excluding carboxylic acids is 1. The van der Waals surface area contributed by atoms with Crippen molar-refractivity contribution >= 4 is 45.8 Å². The lowest BCUT2D eigenvalue weighted by Crippen LogP contribution is -2.70. The number of phenols is 1. The minimum Gasteiger partial charge on any atom is -0.508 e. The Morgan fingerprint density at radius 3 is 2.58 bits per heavy atom. The van der Waals surface area contributed by atoms with Crippen molar-refractivity contribution in [3.8, 4) is 5.75 Å². The third-order valence-electron chi connectivity index (χ3n) is 11.2. The van der Waals surface area contributed by atoms with E-state index >= 15 is 0 Å². The molecule has 52 heavy (non-hydrogen) atoms. The Balaban J connectivity index is 0.000000179. The van der Waals surface area contributed by atoms with E-state index in [4.69, 9.17) is 40.7 Å². The highest BCUT2D eigenvalue weighted by Gasteiger charge is 2.69. The van der Waals surface area contributed by atoms with Crippen LogP contribution in [0.3, 0.4) is 0 Å². The van der Waals surface area contributed by atoms with E-state index in [1.54, 1.807) is 12.3 Å². The maximum absolute atomic E-state index is 12.1. The average molecular weight is 740 g/mol. The van der Waals surface area contributed by atoms with Gasteiger partial charge in [-0.2, -0.15) is 0 Å². The monoisotopic (exact) mass is 739 g/mol. The molecule has 0 amide bonds. The Labute approximate surface area is 309 Å². The van der Waals surface area contributed by atoms with Gasteiger partial charge in [0.1, 0.15) is 5.75 Å². The number of pyridine rings is 1. The fourth-order valence-corrected chi connectivity index (χ4v) is 8.43. The first-order valence-electron chi connectivity index (χ1n) is 18.3. The van der Waals surface area contributed by atoms with Gasteiger partial charge in [-0.3, -0.25) is 19.5 Å². The van der Waals surface area contributed by atoms with Crippen LogP contribution in [-0.4, -0.2) is 69.1 Å². The highest BCUT2D eigenvalue weighted by Crippen LogP contribution is 2.60. The molecule has 13 heteroatoms. The average Bonchev–Trinajstić information content (AvgIpc) is 3.35. The van der Waals surface area contributed by atoms with Gasteiger partial charge in [0.2, 0.25) is 12.1 Å². The first-order valence-corrected chi connectivity index (χ1v) is 18.7. The largest absolute Gasteiger partial charge is 0.508 e. The molecule has 2 bridgehead atoms. The summed E-state index contributed by atoms with van der Waals surface area (Å²) in [6, 6.07) is 13.2. The number of hydrogen-bond donors (Lipinski definition) is 3. The van der Waals surface area contributed by atoms with Crippen molar-refractivity contribution in [2.45, 2.75) is 104 Å². The molecule has 1 aromatic heterocycles. The van der Waals surface area contributed by atoms with Crippen LogP contribution in [0.4, 0.5) is 11.4 Å². The second-order valence-corrected chi connectivity index (χ2v) is 15.0. The fourth-order valence-electron chi connectivity index (χ4n) is 8.27. The predicted molar refractivity (Wildman–Crippen MR) is 195 cm³/mol. The number of carbonyl (C=O) groups is 2. The summed E-state index contributed by atoms with van der Waals surface area (Å²) in [6.07, 6.45) is 3.48. The van der Waals surface area contributed by atoms with E-state index in [0.717, 1.165) is 66.7 Å². The fraction of sp³-hybridized carbons (Fsp3) is 0.564. The predicted octanol–water partition coefficient (Wildman–Crippen LogP) is 7.78. The van der Waals surface area contributed by atoms with Crippen molar-refractivity contribution < 1.29 is 43.8 Å². The van der Waals surface area contributed by atoms with Crippen LogP contribution in [0.25, 0.3) is 10.9 Å². The van der Waals surface area contributed by atoms with E-state index in [9.17, 15) is 14.7 Å². The van der Waals surface area contributed by atoms with Gasteiger partial charge in [-0.1, -0.05) is 39.3 Å². The number of phenolic OH excluding ortho intramolecular Hbond substituents is 1. The Bertz CT molecular complexity index is 1760. The summed E-state index contributed by atoms with van der Waals surface area (Å²) < 4.78 is 17.8. The second-order valence-electron chi connectivity index (χ2n) is 14.6. The van der Waals surface area contributed by atoms with Gasteiger partial charge in [0.05, 0.1) is 18.4 Å². The summed E-state index contributed by atoms with van der Waals surface area (Å²) in [5, 5.41) is 24.0. The van der Waals surface area contributed by atoms with Crippen LogP contribution in [0.15, 0.2) is 48.7 Å². The van der Waals surface area contributed by atoms with Gasteiger partial charge in [0, 0.05) is 58.3 Å². The minimum atomic E-state index is -1.03. The van der Waals surface area contributed by atoms with Gasteiger partial charge in [-0.15, -0.1) is 0 Å². The van der Waals surface area contributed by atoms with Crippen molar-refractivity contribution in [3.63, 3.8) is 0 Å². The Kier molecular flexibility index (Phi) is 11.6. The summed E-state index contributed by atoms with van der Waals surface area (Å²) in [4.78, 5) is 41.2. The summed E-state index contributed by atoms with van der Waals surface area (Å²) >= 11 is 6.05. The molecular formula is C39H50ClN3O9. The van der Waals surface area contributed by atoms with Crippen LogP contribution in [0.2, 0.25) is 5.02 Å². The van der Waals surface area contributed by atoms with Crippen LogP contribution in [0.5, 0.6) is 5.75 Å². The standard InChI is InChI=1S/C20H22ClN3O.C19H28O8/c1-3-24(4-2)13-14-11-16(6-8-20(14)25)23-18-9-10-22-19-12-15(21)5-7-17(18)19;1-10-4-5-13-11(2)16(23-15(22)7-6-14(20)21)24-17-19(13)12(10)8-9-18(3,25-17)26-27-19/h5-12,25H,3-4,13H2,1-2H3,(H,22,23);10-13,16-17H,4-9H2,1-3H3,(H,20,21)/t;10-,11-,12+,13+,16+,17-,18?,19-/m.1/s1. The van der Waals surface area contributed by atoms with Gasteiger partial charge in [0.15, 0.2) is 11.9 Å². The Hall–Kier alpha value is -3.52. The molecular weight excluding hydrogens is 690 g/mol. The zero-order chi connectivity index (χ0) is 37.2. The maximum atomic E-state index is 12.1. The van der Waals surface area contributed by atoms with Gasteiger partial charge in [-0.25, -0.2) is 9.78 Å². The van der Waals surface area contributed by atoms with E-state index in [1.807, 2.05) is 50.2 Å². The Morgan fingerprint density at radius 1 is 1.04 bits per heavy atom. The molecule has 1 saturated carbocycles. The molecule has 5 heterocycles. The molecule has 282 valence electrons. The summed E-state index contributed by atoms with van der Waals surface area (Å²) in [7, 11) is 0. The van der Waals surface area contributed by atoms with E-state index in [2.05, 4.69) is 36.0 Å². The number of rotatable bonds is 10. The van der Waals surface area contributed by atoms with Crippen LogP contribution in [0, 0.1) is 23.7 Å². The zero-order valence-corrected chi connectivity index (χ0v) is 31.2. The number of nitrogens with zero attached hydrogens (tertiary/aromatic N) is 2. The third kappa shape index (κ3) is 7.88. The molecule has 4 saturated heterocycles. The lowest BCUT2D eigenvalue weighted by atomic mass is 9.58. The number of carboxylic acid groups (broad SMARTS) is 1. The molecule has 1 spiro atoms. The first-order chi connectivity index (χ1) is 24.9. The number of halogens is 1. The summed E-state index contributed by atoms with van der Waals surface area (Å²) in [5.41, 5.74) is 2.95. The molecule has 3 N–H and O–H groups in total. The number of ether oxygens (including phenoxy) is 3. The van der Waals surface area contributed by atoms with E-state index < -0.39 is 35.9 Å². The van der Waals surface area contributed by atoms with Gasteiger partial charge < -0.3 is 29.7 Å². The molecule has 3 aromatic rings. The molecule has 12 nitrogen and oxygen atoms in total. The van der Waals surface area contributed by atoms with Crippen molar-refractivity contribution in [1.29, 1.82) is 0 Å². The van der Waals surface area contributed by atoms with Crippen LogP contribution in [-0.2, 0) is 40.1 Å². The lowest BCUT2D eigenvalue weighted by Gasteiger charge is -2.59. The molecule has 0 radical (unpaired) electrons. The summed E-state index contributed by atoms with van der Waals surface area (Å²) in [6.45, 7) is 12.9. The number of aromatic hydroxyl groups is 1.